The Kier molecular flexibility index (Phi) is 7.17. The fraction of sp³-hybridized carbons (Fsp3) is 0.350. The summed E-state index contributed by atoms with van der Waals surface area (Å²) in [7, 11) is 2.07. The number of rotatable bonds is 5. The average molecular weight is 292 g/mol. The van der Waals surface area contributed by atoms with E-state index in [0.29, 0.717) is 5.56 Å². The SMILES string of the molecule is CN(CC=CC#CC(C)(C)C)C/C=C/c1cccc(C#N)c1. The molecule has 114 valence electrons. The molecule has 2 nitrogen and oxygen atoms in total. The van der Waals surface area contributed by atoms with Crippen molar-refractivity contribution in [3.05, 3.63) is 53.6 Å². The zero-order chi connectivity index (χ0) is 16.4. The molecular formula is C20H24N2. The van der Waals surface area contributed by atoms with Gasteiger partial charge in [-0.2, -0.15) is 5.26 Å². The summed E-state index contributed by atoms with van der Waals surface area (Å²) >= 11 is 0. The maximum Gasteiger partial charge on any atom is 0.0991 e. The third-order valence-corrected chi connectivity index (χ3v) is 2.81. The van der Waals surface area contributed by atoms with Gasteiger partial charge in [-0.3, -0.25) is 4.90 Å². The first kappa shape index (κ1) is 17.8. The highest BCUT2D eigenvalue weighted by Crippen LogP contribution is 2.09. The van der Waals surface area contributed by atoms with Crippen molar-refractivity contribution in [2.75, 3.05) is 20.1 Å². The fourth-order valence-electron chi connectivity index (χ4n) is 1.70. The molecular weight excluding hydrogens is 268 g/mol. The van der Waals surface area contributed by atoms with E-state index in [4.69, 9.17) is 5.26 Å². The highest BCUT2D eigenvalue weighted by molar-refractivity contribution is 5.52. The van der Waals surface area contributed by atoms with Gasteiger partial charge in [-0.1, -0.05) is 42.2 Å². The van der Waals surface area contributed by atoms with Crippen LogP contribution in [0.4, 0.5) is 0 Å². The van der Waals surface area contributed by atoms with Crippen molar-refractivity contribution in [3.8, 4) is 17.9 Å². The topological polar surface area (TPSA) is 27.0 Å². The summed E-state index contributed by atoms with van der Waals surface area (Å²) in [6, 6.07) is 9.75. The van der Waals surface area contributed by atoms with Gasteiger partial charge in [-0.15, -0.1) is 0 Å². The number of hydrogen-bond acceptors (Lipinski definition) is 2. The first-order valence-corrected chi connectivity index (χ1v) is 7.44. The van der Waals surface area contributed by atoms with Gasteiger partial charge >= 0.3 is 0 Å². The highest BCUT2D eigenvalue weighted by atomic mass is 15.1. The Hall–Kier alpha value is -2.29. The molecule has 0 spiro atoms. The van der Waals surface area contributed by atoms with Gasteiger partial charge in [-0.05, 0) is 51.6 Å². The van der Waals surface area contributed by atoms with Crippen LogP contribution in [0.1, 0.15) is 31.9 Å². The second-order valence-corrected chi connectivity index (χ2v) is 6.28. The van der Waals surface area contributed by atoms with Gasteiger partial charge in [0.2, 0.25) is 0 Å². The predicted octanol–water partition coefficient (Wildman–Crippen LogP) is 4.11. The lowest BCUT2D eigenvalue weighted by Crippen LogP contribution is -2.17. The number of hydrogen-bond donors (Lipinski definition) is 0. The first-order valence-electron chi connectivity index (χ1n) is 7.44. The molecule has 0 heterocycles. The van der Waals surface area contributed by atoms with E-state index in [1.54, 1.807) is 0 Å². The Labute approximate surface area is 134 Å². The Morgan fingerprint density at radius 1 is 1.18 bits per heavy atom. The zero-order valence-corrected chi connectivity index (χ0v) is 13.9. The van der Waals surface area contributed by atoms with Gasteiger partial charge in [0.15, 0.2) is 0 Å². The van der Waals surface area contributed by atoms with Gasteiger partial charge in [0.25, 0.3) is 0 Å². The quantitative estimate of drug-likeness (QED) is 0.764. The van der Waals surface area contributed by atoms with Gasteiger partial charge in [0.1, 0.15) is 0 Å². The van der Waals surface area contributed by atoms with Crippen molar-refractivity contribution in [1.82, 2.24) is 4.90 Å². The van der Waals surface area contributed by atoms with Crippen molar-refractivity contribution < 1.29 is 0 Å². The van der Waals surface area contributed by atoms with Crippen LogP contribution >= 0.6 is 0 Å². The van der Waals surface area contributed by atoms with Crippen LogP contribution in [-0.2, 0) is 0 Å². The molecule has 0 aliphatic carbocycles. The molecule has 1 rings (SSSR count). The molecule has 0 aliphatic rings. The van der Waals surface area contributed by atoms with E-state index < -0.39 is 0 Å². The zero-order valence-electron chi connectivity index (χ0n) is 13.9. The number of benzene rings is 1. The average Bonchev–Trinajstić information content (AvgIpc) is 2.46. The number of allylic oxidation sites excluding steroid dienone is 1. The van der Waals surface area contributed by atoms with Crippen LogP contribution in [0.3, 0.4) is 0 Å². The van der Waals surface area contributed by atoms with Crippen LogP contribution in [0, 0.1) is 28.6 Å². The Morgan fingerprint density at radius 2 is 1.91 bits per heavy atom. The fourth-order valence-corrected chi connectivity index (χ4v) is 1.70. The van der Waals surface area contributed by atoms with Gasteiger partial charge in [0, 0.05) is 18.5 Å². The lowest BCUT2D eigenvalue weighted by molar-refractivity contribution is 0.413. The molecule has 1 aromatic carbocycles. The molecule has 0 amide bonds. The summed E-state index contributed by atoms with van der Waals surface area (Å²) in [6.07, 6.45) is 8.14. The number of likely N-dealkylation sites (N-methyl/N-ethyl adjacent to an activating group) is 1. The lowest BCUT2D eigenvalue weighted by Gasteiger charge is -2.10. The standard InChI is InChI=1S/C20H24N2/c1-20(2,3)13-6-5-7-14-22(4)15-9-12-18-10-8-11-19(16-18)17-21/h5,7-12,16H,14-15H2,1-4H3/b7-5?,12-9+. The molecule has 0 aromatic heterocycles. The second-order valence-electron chi connectivity index (χ2n) is 6.28. The smallest absolute Gasteiger partial charge is 0.0991 e. The summed E-state index contributed by atoms with van der Waals surface area (Å²) in [5.74, 6) is 6.24. The third-order valence-electron chi connectivity index (χ3n) is 2.81. The van der Waals surface area contributed by atoms with Crippen molar-refractivity contribution in [2.24, 2.45) is 5.41 Å². The van der Waals surface area contributed by atoms with Crippen LogP contribution in [0.25, 0.3) is 6.08 Å². The maximum absolute atomic E-state index is 8.87. The molecule has 0 N–H and O–H groups in total. The van der Waals surface area contributed by atoms with E-state index in [-0.39, 0.29) is 5.41 Å². The van der Waals surface area contributed by atoms with Gasteiger partial charge in [0.05, 0.1) is 11.6 Å². The molecule has 2 heteroatoms. The van der Waals surface area contributed by atoms with Gasteiger partial charge < -0.3 is 0 Å². The monoisotopic (exact) mass is 292 g/mol. The summed E-state index contributed by atoms with van der Waals surface area (Å²) in [6.45, 7) is 8.03. The number of nitrogens with zero attached hydrogens (tertiary/aromatic N) is 2. The molecule has 1 aromatic rings. The van der Waals surface area contributed by atoms with E-state index in [9.17, 15) is 0 Å². The van der Waals surface area contributed by atoms with Crippen LogP contribution in [0.5, 0.6) is 0 Å². The van der Waals surface area contributed by atoms with Gasteiger partial charge in [-0.25, -0.2) is 0 Å². The first-order chi connectivity index (χ1) is 10.4. The largest absolute Gasteiger partial charge is 0.299 e. The van der Waals surface area contributed by atoms with Crippen LogP contribution < -0.4 is 0 Å². The molecule has 22 heavy (non-hydrogen) atoms. The van der Waals surface area contributed by atoms with Crippen LogP contribution in [-0.4, -0.2) is 25.0 Å². The summed E-state index contributed by atoms with van der Waals surface area (Å²) in [5.41, 5.74) is 1.80. The predicted molar refractivity (Wildman–Crippen MR) is 94.1 cm³/mol. The van der Waals surface area contributed by atoms with E-state index in [0.717, 1.165) is 18.7 Å². The third kappa shape index (κ3) is 8.10. The molecule has 0 unspecified atom stereocenters. The van der Waals surface area contributed by atoms with Crippen molar-refractivity contribution in [2.45, 2.75) is 20.8 Å². The van der Waals surface area contributed by atoms with E-state index >= 15 is 0 Å². The lowest BCUT2D eigenvalue weighted by atomic mass is 9.98. The summed E-state index contributed by atoms with van der Waals surface area (Å²) in [4.78, 5) is 2.19. The molecule has 0 fully saturated rings. The van der Waals surface area contributed by atoms with E-state index in [2.05, 4.69) is 62.8 Å². The highest BCUT2D eigenvalue weighted by Gasteiger charge is 2.02. The van der Waals surface area contributed by atoms with E-state index in [1.807, 2.05) is 36.4 Å². The minimum atomic E-state index is 0.0525. The Balaban J connectivity index is 2.41. The minimum Gasteiger partial charge on any atom is -0.299 e. The Morgan fingerprint density at radius 3 is 2.59 bits per heavy atom. The summed E-state index contributed by atoms with van der Waals surface area (Å²) in [5, 5.41) is 8.87. The van der Waals surface area contributed by atoms with E-state index in [1.165, 1.54) is 0 Å². The Bertz CT molecular complexity index is 628. The van der Waals surface area contributed by atoms with Crippen molar-refractivity contribution in [1.29, 1.82) is 5.26 Å². The van der Waals surface area contributed by atoms with Crippen LogP contribution in [0.2, 0.25) is 0 Å². The number of nitriles is 1. The molecule has 0 saturated heterocycles. The molecule has 0 bridgehead atoms. The maximum atomic E-state index is 8.87. The van der Waals surface area contributed by atoms with Crippen molar-refractivity contribution in [3.63, 3.8) is 0 Å². The molecule has 0 atom stereocenters. The minimum absolute atomic E-state index is 0.0525. The second kappa shape index (κ2) is 8.88. The molecule has 0 radical (unpaired) electrons. The van der Waals surface area contributed by atoms with Crippen LogP contribution in [0.15, 0.2) is 42.5 Å². The normalized spacial score (nSPS) is 11.6. The summed E-state index contributed by atoms with van der Waals surface area (Å²) < 4.78 is 0. The molecule has 0 saturated carbocycles. The van der Waals surface area contributed by atoms with Crippen molar-refractivity contribution >= 4 is 6.08 Å². The molecule has 0 aliphatic heterocycles.